The highest BCUT2D eigenvalue weighted by atomic mass is 35.5. The quantitative estimate of drug-likeness (QED) is 0.0708. The van der Waals surface area contributed by atoms with Gasteiger partial charge in [0.1, 0.15) is 12.5 Å². The average Bonchev–Trinajstić information content (AvgIpc) is 3.47. The van der Waals surface area contributed by atoms with Gasteiger partial charge in [-0.3, -0.25) is 13.3 Å². The van der Waals surface area contributed by atoms with Crippen LogP contribution in [0, 0.1) is 0 Å². The summed E-state index contributed by atoms with van der Waals surface area (Å²) in [7, 11) is -14.6. The van der Waals surface area contributed by atoms with Gasteiger partial charge in [0, 0.05) is 63.7 Å². The van der Waals surface area contributed by atoms with Crippen molar-refractivity contribution in [2.24, 2.45) is 0 Å². The van der Waals surface area contributed by atoms with Gasteiger partial charge in [0.2, 0.25) is 15.5 Å². The van der Waals surface area contributed by atoms with Crippen molar-refractivity contribution in [3.8, 4) is 0 Å². The van der Waals surface area contributed by atoms with Gasteiger partial charge in [0.15, 0.2) is 5.71 Å². The van der Waals surface area contributed by atoms with Crippen LogP contribution in [0.15, 0.2) is 92.4 Å². The average molecular weight is 899 g/mol. The number of aliphatic hydroxyl groups is 1. The summed E-state index contributed by atoms with van der Waals surface area (Å²) in [6.07, 6.45) is 13.3. The van der Waals surface area contributed by atoms with Crippen molar-refractivity contribution in [3.63, 3.8) is 0 Å². The molecular weight excluding hydrogens is 844 g/mol. The lowest BCUT2D eigenvalue weighted by Crippen LogP contribution is -2.28. The van der Waals surface area contributed by atoms with Crippen molar-refractivity contribution in [1.29, 1.82) is 0 Å². The number of sulfone groups is 1. The topological polar surface area (TPSA) is 186 Å². The van der Waals surface area contributed by atoms with E-state index in [0.717, 1.165) is 57.9 Å². The third-order valence-corrected chi connectivity index (χ3v) is 15.8. The second-order valence-electron chi connectivity index (χ2n) is 16.3. The van der Waals surface area contributed by atoms with Gasteiger partial charge in [-0.1, -0.05) is 37.6 Å². The Balaban J connectivity index is 1.52. The molecule has 0 radical (unpaired) electrons. The number of anilines is 1. The van der Waals surface area contributed by atoms with Crippen LogP contribution in [0.25, 0.3) is 0 Å². The molecule has 2 aromatic carbocycles. The predicted octanol–water partition coefficient (Wildman–Crippen LogP) is 6.67. The molecule has 2 aliphatic heterocycles. The maximum atomic E-state index is 12.9. The molecule has 2 heterocycles. The number of benzene rings is 2. The van der Waals surface area contributed by atoms with Gasteiger partial charge >= 0.3 is 0 Å². The number of hydrogen-bond donors (Lipinski definition) is 3. The van der Waals surface area contributed by atoms with Gasteiger partial charge in [-0.2, -0.15) is 21.4 Å². The molecule has 2 aromatic rings. The van der Waals surface area contributed by atoms with E-state index in [4.69, 9.17) is 11.6 Å². The van der Waals surface area contributed by atoms with Crippen molar-refractivity contribution in [2.45, 2.75) is 93.3 Å². The van der Waals surface area contributed by atoms with E-state index in [1.54, 1.807) is 18.4 Å². The Morgan fingerprint density at radius 2 is 1.43 bits per heavy atom. The molecule has 5 rings (SSSR count). The first-order valence-electron chi connectivity index (χ1n) is 19.0. The number of halogens is 1. The number of allylic oxidation sites excluding steroid dienone is 8. The van der Waals surface area contributed by atoms with Crippen LogP contribution in [-0.2, 0) is 50.4 Å². The lowest BCUT2D eigenvalue weighted by atomic mass is 9.81. The summed E-state index contributed by atoms with van der Waals surface area (Å²) in [5.74, 6) is 2.13. The van der Waals surface area contributed by atoms with Gasteiger partial charge in [-0.25, -0.2) is 8.42 Å². The van der Waals surface area contributed by atoms with Gasteiger partial charge in [-0.05, 0) is 121 Å². The first-order valence-corrected chi connectivity index (χ1v) is 26.4. The summed E-state index contributed by atoms with van der Waals surface area (Å²) < 4.78 is 105. The SMILES string of the molecule is C=S(C)(=O)c1ccc2c(c1)C(C)(C)C(C=CC1=C(Cl)C(=CC=C3N(CCCCS(=O)(=O)O)c4ccc(S(=O)(=O)CO)cc4C3(C)C)CCC1)=[N+]2CCCCS(=O)(=O)O. The number of rotatable bonds is 16. The van der Waals surface area contributed by atoms with E-state index in [-0.39, 0.29) is 29.2 Å². The molecule has 1 aliphatic carbocycles. The zero-order valence-corrected chi connectivity index (χ0v) is 37.6. The fourth-order valence-electron chi connectivity index (χ4n) is 8.00. The van der Waals surface area contributed by atoms with E-state index >= 15 is 0 Å². The number of aliphatic hydroxyl groups excluding tert-OH is 1. The molecule has 318 valence electrons. The summed E-state index contributed by atoms with van der Waals surface area (Å²) >= 11 is 7.16. The molecule has 0 bridgehead atoms. The van der Waals surface area contributed by atoms with Crippen molar-refractivity contribution in [1.82, 2.24) is 0 Å². The molecule has 0 saturated heterocycles. The highest BCUT2D eigenvalue weighted by Crippen LogP contribution is 2.49. The molecule has 0 aromatic heterocycles. The molecule has 1 unspecified atom stereocenters. The zero-order valence-electron chi connectivity index (χ0n) is 33.6. The maximum Gasteiger partial charge on any atom is 0.264 e. The molecule has 17 heteroatoms. The summed E-state index contributed by atoms with van der Waals surface area (Å²) in [4.78, 5) is 2.67. The Labute approximate surface area is 349 Å². The molecule has 0 saturated carbocycles. The number of hydrogen-bond acceptors (Lipinski definition) is 9. The van der Waals surface area contributed by atoms with Gasteiger partial charge in [0.25, 0.3) is 20.2 Å². The van der Waals surface area contributed by atoms with Gasteiger partial charge in [-0.15, -0.1) is 0 Å². The van der Waals surface area contributed by atoms with E-state index < -0.39 is 56.4 Å². The van der Waals surface area contributed by atoms with Crippen molar-refractivity contribution < 1.29 is 48.2 Å². The van der Waals surface area contributed by atoms with Gasteiger partial charge in [0.05, 0.1) is 21.8 Å². The second-order valence-corrected chi connectivity index (χ2v) is 24.3. The lowest BCUT2D eigenvalue weighted by Gasteiger charge is -2.27. The third-order valence-electron chi connectivity index (χ3n) is 11.2. The molecule has 1 atom stereocenters. The first-order chi connectivity index (χ1) is 26.8. The van der Waals surface area contributed by atoms with E-state index in [2.05, 4.69) is 24.3 Å². The highest BCUT2D eigenvalue weighted by molar-refractivity contribution is 7.99. The zero-order chi connectivity index (χ0) is 43.1. The Kier molecular flexibility index (Phi) is 13.6. The van der Waals surface area contributed by atoms with Crippen LogP contribution in [0.3, 0.4) is 0 Å². The molecule has 3 aliphatic rings. The van der Waals surface area contributed by atoms with Gasteiger partial charge < -0.3 is 10.0 Å². The van der Waals surface area contributed by atoms with E-state index in [1.807, 2.05) is 61.3 Å². The highest BCUT2D eigenvalue weighted by Gasteiger charge is 2.45. The Hall–Kier alpha value is -3.09. The van der Waals surface area contributed by atoms with Crippen LogP contribution in [0.1, 0.15) is 83.8 Å². The minimum absolute atomic E-state index is 0.00155. The van der Waals surface area contributed by atoms with Crippen LogP contribution >= 0.6 is 11.6 Å². The van der Waals surface area contributed by atoms with Crippen molar-refractivity contribution >= 4 is 74.2 Å². The lowest BCUT2D eigenvalue weighted by molar-refractivity contribution is -0.438. The van der Waals surface area contributed by atoms with Crippen LogP contribution in [0.4, 0.5) is 11.4 Å². The Morgan fingerprint density at radius 3 is 2.05 bits per heavy atom. The molecular formula is C41H54ClN2O10S4+. The monoisotopic (exact) mass is 897 g/mol. The predicted molar refractivity (Wildman–Crippen MR) is 233 cm³/mol. The van der Waals surface area contributed by atoms with Crippen LogP contribution in [0.5, 0.6) is 0 Å². The molecule has 0 amide bonds. The maximum absolute atomic E-state index is 12.9. The summed E-state index contributed by atoms with van der Waals surface area (Å²) in [5.41, 5.74) is 5.80. The van der Waals surface area contributed by atoms with E-state index in [0.29, 0.717) is 42.3 Å². The minimum atomic E-state index is -4.13. The number of unbranched alkanes of at least 4 members (excludes halogenated alkanes) is 2. The van der Waals surface area contributed by atoms with E-state index in [9.17, 15) is 43.7 Å². The van der Waals surface area contributed by atoms with E-state index in [1.165, 1.54) is 6.07 Å². The Bertz CT molecular complexity index is 2590. The fourth-order valence-corrected chi connectivity index (χ4v) is 10.9. The third kappa shape index (κ3) is 10.3. The summed E-state index contributed by atoms with van der Waals surface area (Å²) in [5, 5.41) is 10.1. The molecule has 0 spiro atoms. The fraction of sp³-hybridized carbons (Fsp3) is 0.463. The molecule has 0 fully saturated rings. The smallest absolute Gasteiger partial charge is 0.264 e. The van der Waals surface area contributed by atoms with Crippen LogP contribution in [0.2, 0.25) is 0 Å². The minimum Gasteiger partial charge on any atom is -0.380 e. The second kappa shape index (κ2) is 17.1. The van der Waals surface area contributed by atoms with Crippen molar-refractivity contribution in [2.75, 3.05) is 41.7 Å². The largest absolute Gasteiger partial charge is 0.380 e. The van der Waals surface area contributed by atoms with Crippen LogP contribution in [-0.4, -0.2) is 96.6 Å². The molecule has 12 nitrogen and oxygen atoms in total. The molecule has 3 N–H and O–H groups in total. The van der Waals surface area contributed by atoms with Crippen LogP contribution < -0.4 is 4.90 Å². The molecule has 58 heavy (non-hydrogen) atoms. The summed E-state index contributed by atoms with van der Waals surface area (Å²) in [6, 6.07) is 10.4. The Morgan fingerprint density at radius 1 is 0.810 bits per heavy atom. The van der Waals surface area contributed by atoms with Crippen molar-refractivity contribution in [3.05, 3.63) is 93.7 Å². The number of fused-ring (bicyclic) bond motifs is 2. The summed E-state index contributed by atoms with van der Waals surface area (Å²) in [6.45, 7) is 9.00. The normalized spacial score (nSPS) is 20.7. The standard InChI is InChI=1S/C41H53ClN2O10S4/c1-40(2)33-26-31(55(5,6)46)16-18-35(33)43(22-7-9-24-57(49,50)51)37(40)20-14-29-12-11-13-30(39(29)42)15-21-38-41(3,4)34-27-32(56(47,48)28-45)17-19-36(34)44(38)23-8-10-25-58(52,53)54/h14-21,26-27,45H,5,7-13,22-25,28H2,1-4,6H3,(H-,49,50,51,52,53,54)/p+1. The first kappa shape index (κ1) is 46.0. The number of nitrogens with zero attached hydrogens (tertiary/aromatic N) is 2.